The molecule has 2 rings (SSSR count). The van der Waals surface area contributed by atoms with Crippen LogP contribution in [0.3, 0.4) is 0 Å². The summed E-state index contributed by atoms with van der Waals surface area (Å²) in [6, 6.07) is 11.2. The largest absolute Gasteiger partial charge is 0.482 e. The fourth-order valence-electron chi connectivity index (χ4n) is 1.58. The Labute approximate surface area is 141 Å². The topological polar surface area (TPSA) is 55.4 Å². The van der Waals surface area contributed by atoms with Crippen LogP contribution in [0.4, 0.5) is 0 Å². The summed E-state index contributed by atoms with van der Waals surface area (Å²) >= 11 is 17.5. The summed E-state index contributed by atoms with van der Waals surface area (Å²) in [6.45, 7) is -0.379. The fraction of sp³-hybridized carbons (Fsp3) is 0.0667. The van der Waals surface area contributed by atoms with Gasteiger partial charge >= 0.3 is 0 Å². The average Bonchev–Trinajstić information content (AvgIpc) is 2.50. The summed E-state index contributed by atoms with van der Waals surface area (Å²) in [7, 11) is 0. The van der Waals surface area contributed by atoms with E-state index >= 15 is 0 Å². The molecule has 0 spiro atoms. The Morgan fingerprint density at radius 3 is 2.27 bits per heavy atom. The molecule has 4 nitrogen and oxygen atoms in total. The normalized spacial score (nSPS) is 10.1. The molecular formula is C15H10Cl3NO3. The van der Waals surface area contributed by atoms with Gasteiger partial charge in [0.2, 0.25) is 0 Å². The Morgan fingerprint density at radius 2 is 1.59 bits per heavy atom. The van der Waals surface area contributed by atoms with Crippen molar-refractivity contribution in [2.45, 2.75) is 0 Å². The minimum absolute atomic E-state index is 0.207. The Balaban J connectivity index is 1.93. The van der Waals surface area contributed by atoms with E-state index < -0.39 is 11.8 Å². The third-order valence-electron chi connectivity index (χ3n) is 2.62. The van der Waals surface area contributed by atoms with Crippen molar-refractivity contribution < 1.29 is 14.3 Å². The predicted molar refractivity (Wildman–Crippen MR) is 85.9 cm³/mol. The number of rotatable bonds is 4. The smallest absolute Gasteiger partial charge is 0.264 e. The average molecular weight is 359 g/mol. The molecule has 114 valence electrons. The molecule has 0 saturated heterocycles. The fourth-order valence-corrected chi connectivity index (χ4v) is 2.17. The Morgan fingerprint density at radius 1 is 0.955 bits per heavy atom. The van der Waals surface area contributed by atoms with Gasteiger partial charge in [-0.25, -0.2) is 0 Å². The molecule has 0 aliphatic rings. The third kappa shape index (κ3) is 4.37. The van der Waals surface area contributed by atoms with E-state index in [-0.39, 0.29) is 27.4 Å². The van der Waals surface area contributed by atoms with Crippen molar-refractivity contribution in [3.8, 4) is 5.75 Å². The van der Waals surface area contributed by atoms with Gasteiger partial charge in [0.05, 0.1) is 15.1 Å². The molecule has 0 fully saturated rings. The van der Waals surface area contributed by atoms with Crippen LogP contribution in [0.25, 0.3) is 0 Å². The molecule has 0 heterocycles. The maximum Gasteiger partial charge on any atom is 0.264 e. The molecule has 0 aromatic heterocycles. The number of imide groups is 1. The van der Waals surface area contributed by atoms with Crippen molar-refractivity contribution in [3.05, 3.63) is 63.1 Å². The van der Waals surface area contributed by atoms with E-state index in [0.717, 1.165) is 0 Å². The summed E-state index contributed by atoms with van der Waals surface area (Å²) in [5.41, 5.74) is 0.378. The van der Waals surface area contributed by atoms with Gasteiger partial charge in [0, 0.05) is 11.6 Å². The van der Waals surface area contributed by atoms with Crippen LogP contribution in [0.1, 0.15) is 10.4 Å². The summed E-state index contributed by atoms with van der Waals surface area (Å²) in [5.74, 6) is -0.899. The third-order valence-corrected chi connectivity index (χ3v) is 3.64. The van der Waals surface area contributed by atoms with Gasteiger partial charge in [0.25, 0.3) is 11.8 Å². The van der Waals surface area contributed by atoms with Gasteiger partial charge < -0.3 is 4.74 Å². The number of carbonyl (C=O) groups excluding carboxylic acids is 2. The maximum absolute atomic E-state index is 11.8. The molecular weight excluding hydrogens is 349 g/mol. The van der Waals surface area contributed by atoms with E-state index in [1.165, 1.54) is 12.1 Å². The first-order chi connectivity index (χ1) is 10.5. The SMILES string of the molecule is O=C(COc1cc(Cl)c(Cl)cc1Cl)NC(=O)c1ccccc1. The summed E-state index contributed by atoms with van der Waals surface area (Å²) in [4.78, 5) is 23.5. The van der Waals surface area contributed by atoms with E-state index in [1.807, 2.05) is 0 Å². The molecule has 2 aromatic carbocycles. The van der Waals surface area contributed by atoms with Gasteiger partial charge in [-0.2, -0.15) is 0 Å². The molecule has 22 heavy (non-hydrogen) atoms. The number of ether oxygens (including phenoxy) is 1. The van der Waals surface area contributed by atoms with E-state index in [2.05, 4.69) is 5.32 Å². The second-order valence-electron chi connectivity index (χ2n) is 4.23. The van der Waals surface area contributed by atoms with Crippen molar-refractivity contribution >= 4 is 46.6 Å². The van der Waals surface area contributed by atoms with E-state index in [4.69, 9.17) is 39.5 Å². The highest BCUT2D eigenvalue weighted by Crippen LogP contribution is 2.33. The van der Waals surface area contributed by atoms with Gasteiger partial charge in [-0.05, 0) is 18.2 Å². The van der Waals surface area contributed by atoms with Crippen molar-refractivity contribution in [1.29, 1.82) is 0 Å². The van der Waals surface area contributed by atoms with Crippen LogP contribution in [0.5, 0.6) is 5.75 Å². The van der Waals surface area contributed by atoms with Crippen molar-refractivity contribution in [2.75, 3.05) is 6.61 Å². The van der Waals surface area contributed by atoms with Crippen LogP contribution in [-0.4, -0.2) is 18.4 Å². The first-order valence-corrected chi connectivity index (χ1v) is 7.27. The van der Waals surface area contributed by atoms with Gasteiger partial charge in [-0.1, -0.05) is 53.0 Å². The van der Waals surface area contributed by atoms with Crippen LogP contribution in [0.15, 0.2) is 42.5 Å². The van der Waals surface area contributed by atoms with Crippen molar-refractivity contribution in [3.63, 3.8) is 0 Å². The number of amides is 2. The molecule has 0 atom stereocenters. The zero-order chi connectivity index (χ0) is 16.1. The van der Waals surface area contributed by atoms with Gasteiger partial charge in [0.15, 0.2) is 6.61 Å². The van der Waals surface area contributed by atoms with Gasteiger partial charge in [0.1, 0.15) is 5.75 Å². The standard InChI is InChI=1S/C15H10Cl3NO3/c16-10-6-12(18)13(7-11(10)17)22-8-14(20)19-15(21)9-4-2-1-3-5-9/h1-7H,8H2,(H,19,20,21). The van der Waals surface area contributed by atoms with E-state index in [9.17, 15) is 9.59 Å². The number of hydrogen-bond acceptors (Lipinski definition) is 3. The lowest BCUT2D eigenvalue weighted by molar-refractivity contribution is -0.122. The van der Waals surface area contributed by atoms with E-state index in [0.29, 0.717) is 5.56 Å². The lowest BCUT2D eigenvalue weighted by atomic mass is 10.2. The molecule has 0 unspecified atom stereocenters. The second-order valence-corrected chi connectivity index (χ2v) is 5.45. The quantitative estimate of drug-likeness (QED) is 0.841. The molecule has 2 amide bonds. The highest BCUT2D eigenvalue weighted by molar-refractivity contribution is 6.43. The molecule has 0 aliphatic heterocycles. The first kappa shape index (κ1) is 16.6. The van der Waals surface area contributed by atoms with Crippen LogP contribution in [0, 0.1) is 0 Å². The van der Waals surface area contributed by atoms with Crippen LogP contribution < -0.4 is 10.1 Å². The number of carbonyl (C=O) groups is 2. The predicted octanol–water partition coefficient (Wildman–Crippen LogP) is 3.98. The van der Waals surface area contributed by atoms with Crippen LogP contribution in [-0.2, 0) is 4.79 Å². The second kappa shape index (κ2) is 7.49. The zero-order valence-electron chi connectivity index (χ0n) is 11.1. The number of benzene rings is 2. The zero-order valence-corrected chi connectivity index (χ0v) is 13.4. The van der Waals surface area contributed by atoms with Crippen molar-refractivity contribution in [1.82, 2.24) is 5.32 Å². The molecule has 0 bridgehead atoms. The lowest BCUT2D eigenvalue weighted by Crippen LogP contribution is -2.34. The van der Waals surface area contributed by atoms with Crippen molar-refractivity contribution in [2.24, 2.45) is 0 Å². The maximum atomic E-state index is 11.8. The first-order valence-electron chi connectivity index (χ1n) is 6.14. The molecule has 2 aromatic rings. The molecule has 0 radical (unpaired) electrons. The van der Waals surface area contributed by atoms with Gasteiger partial charge in [-0.3, -0.25) is 14.9 Å². The van der Waals surface area contributed by atoms with E-state index in [1.54, 1.807) is 30.3 Å². The minimum atomic E-state index is -0.601. The Bertz CT molecular complexity index is 705. The minimum Gasteiger partial charge on any atom is -0.482 e. The molecule has 7 heteroatoms. The molecule has 0 aliphatic carbocycles. The Hall–Kier alpha value is -1.75. The molecule has 1 N–H and O–H groups in total. The molecule has 0 saturated carbocycles. The van der Waals surface area contributed by atoms with Crippen LogP contribution >= 0.6 is 34.8 Å². The van der Waals surface area contributed by atoms with Gasteiger partial charge in [-0.15, -0.1) is 0 Å². The monoisotopic (exact) mass is 357 g/mol. The number of hydrogen-bond donors (Lipinski definition) is 1. The highest BCUT2D eigenvalue weighted by atomic mass is 35.5. The van der Waals surface area contributed by atoms with Crippen LogP contribution in [0.2, 0.25) is 15.1 Å². The highest BCUT2D eigenvalue weighted by Gasteiger charge is 2.12. The summed E-state index contributed by atoms with van der Waals surface area (Å²) in [6.07, 6.45) is 0. The lowest BCUT2D eigenvalue weighted by Gasteiger charge is -2.09. The number of nitrogens with one attached hydrogen (secondary N) is 1. The summed E-state index contributed by atoms with van der Waals surface area (Å²) < 4.78 is 5.23. The Kier molecular flexibility index (Phi) is 5.66. The summed E-state index contributed by atoms with van der Waals surface area (Å²) in [5, 5.41) is 2.96. The number of halogens is 3.